The van der Waals surface area contributed by atoms with Crippen molar-refractivity contribution < 1.29 is 5.11 Å². The molecule has 1 rings (SSSR count). The summed E-state index contributed by atoms with van der Waals surface area (Å²) in [5.41, 5.74) is 1.91. The summed E-state index contributed by atoms with van der Waals surface area (Å²) >= 11 is 5.89. The molecule has 0 fully saturated rings. The zero-order valence-electron chi connectivity index (χ0n) is 8.55. The average Bonchev–Trinajstić information content (AvgIpc) is 2.18. The van der Waals surface area contributed by atoms with Crippen LogP contribution in [-0.4, -0.2) is 18.2 Å². The molecule has 1 aromatic carbocycles. The number of hydrogen-bond donors (Lipinski definition) is 2. The predicted molar refractivity (Wildman–Crippen MR) is 59.7 cm³/mol. The molecule has 78 valence electrons. The first-order valence-electron chi connectivity index (χ1n) is 4.80. The van der Waals surface area contributed by atoms with Crippen molar-refractivity contribution in [2.75, 3.05) is 13.1 Å². The van der Waals surface area contributed by atoms with E-state index in [2.05, 4.69) is 5.32 Å². The molecule has 0 radical (unpaired) electrons. The first-order valence-corrected chi connectivity index (χ1v) is 5.17. The van der Waals surface area contributed by atoms with Crippen LogP contribution in [0.25, 0.3) is 0 Å². The molecule has 0 aliphatic carbocycles. The topological polar surface area (TPSA) is 32.3 Å². The third kappa shape index (κ3) is 2.98. The Bertz CT molecular complexity index is 301. The van der Waals surface area contributed by atoms with Crippen LogP contribution in [-0.2, 0) is 0 Å². The smallest absolute Gasteiger partial charge is 0.0914 e. The summed E-state index contributed by atoms with van der Waals surface area (Å²) in [6, 6.07) is 5.60. The number of aliphatic hydroxyl groups excluding tert-OH is 1. The second-order valence-electron chi connectivity index (χ2n) is 3.33. The van der Waals surface area contributed by atoms with Crippen molar-refractivity contribution in [3.8, 4) is 0 Å². The number of nitrogens with one attached hydrogen (secondary N) is 1. The molecule has 0 saturated heterocycles. The van der Waals surface area contributed by atoms with Gasteiger partial charge >= 0.3 is 0 Å². The summed E-state index contributed by atoms with van der Waals surface area (Å²) in [5.74, 6) is 0. The number of hydrogen-bond acceptors (Lipinski definition) is 2. The fourth-order valence-electron chi connectivity index (χ4n) is 1.27. The van der Waals surface area contributed by atoms with E-state index in [-0.39, 0.29) is 0 Å². The Labute approximate surface area is 89.9 Å². The van der Waals surface area contributed by atoms with E-state index < -0.39 is 6.10 Å². The molecular weight excluding hydrogens is 198 g/mol. The highest BCUT2D eigenvalue weighted by atomic mass is 35.5. The number of benzene rings is 1. The molecular formula is C11H16ClNO. The number of likely N-dealkylation sites (N-methyl/N-ethyl adjacent to an activating group) is 1. The lowest BCUT2D eigenvalue weighted by Crippen LogP contribution is -2.20. The normalized spacial score (nSPS) is 12.9. The molecule has 0 bridgehead atoms. The minimum atomic E-state index is -0.453. The lowest BCUT2D eigenvalue weighted by atomic mass is 10.1. The third-order valence-corrected chi connectivity index (χ3v) is 2.58. The zero-order chi connectivity index (χ0) is 10.6. The molecule has 1 unspecified atom stereocenters. The van der Waals surface area contributed by atoms with Crippen LogP contribution in [0.1, 0.15) is 24.2 Å². The lowest BCUT2D eigenvalue weighted by Gasteiger charge is -2.12. The van der Waals surface area contributed by atoms with E-state index in [1.165, 1.54) is 0 Å². The van der Waals surface area contributed by atoms with Gasteiger partial charge in [0.15, 0.2) is 0 Å². The Morgan fingerprint density at radius 1 is 1.50 bits per heavy atom. The molecule has 0 saturated carbocycles. The quantitative estimate of drug-likeness (QED) is 0.805. The Kier molecular flexibility index (Phi) is 4.39. The van der Waals surface area contributed by atoms with Crippen molar-refractivity contribution >= 4 is 11.6 Å². The monoisotopic (exact) mass is 213 g/mol. The lowest BCUT2D eigenvalue weighted by molar-refractivity contribution is 0.175. The minimum absolute atomic E-state index is 0.453. The first-order chi connectivity index (χ1) is 6.65. The molecule has 0 spiro atoms. The number of halogens is 1. The predicted octanol–water partition coefficient (Wildman–Crippen LogP) is 2.29. The van der Waals surface area contributed by atoms with Crippen molar-refractivity contribution in [2.45, 2.75) is 20.0 Å². The van der Waals surface area contributed by atoms with Gasteiger partial charge in [0.05, 0.1) is 6.10 Å². The molecule has 0 aromatic heterocycles. The van der Waals surface area contributed by atoms with Crippen molar-refractivity contribution in [3.63, 3.8) is 0 Å². The first kappa shape index (κ1) is 11.5. The second kappa shape index (κ2) is 5.35. The van der Waals surface area contributed by atoms with Gasteiger partial charge in [-0.15, -0.1) is 0 Å². The van der Waals surface area contributed by atoms with Gasteiger partial charge in [0.2, 0.25) is 0 Å². The van der Waals surface area contributed by atoms with Crippen LogP contribution in [0.4, 0.5) is 0 Å². The Morgan fingerprint density at radius 3 is 2.79 bits per heavy atom. The zero-order valence-corrected chi connectivity index (χ0v) is 9.30. The highest BCUT2D eigenvalue weighted by Crippen LogP contribution is 2.20. The van der Waals surface area contributed by atoms with E-state index in [0.29, 0.717) is 6.54 Å². The van der Waals surface area contributed by atoms with Crippen LogP contribution in [0.15, 0.2) is 18.2 Å². The Hall–Kier alpha value is -0.570. The average molecular weight is 214 g/mol. The van der Waals surface area contributed by atoms with Crippen molar-refractivity contribution in [2.24, 2.45) is 0 Å². The van der Waals surface area contributed by atoms with Crippen LogP contribution in [0.2, 0.25) is 5.02 Å². The highest BCUT2D eigenvalue weighted by molar-refractivity contribution is 6.31. The molecule has 2 nitrogen and oxygen atoms in total. The van der Waals surface area contributed by atoms with E-state index in [9.17, 15) is 5.11 Å². The van der Waals surface area contributed by atoms with Crippen LogP contribution < -0.4 is 5.32 Å². The molecule has 0 amide bonds. The molecule has 2 N–H and O–H groups in total. The van der Waals surface area contributed by atoms with E-state index >= 15 is 0 Å². The second-order valence-corrected chi connectivity index (χ2v) is 3.74. The van der Waals surface area contributed by atoms with Gasteiger partial charge < -0.3 is 10.4 Å². The van der Waals surface area contributed by atoms with Gasteiger partial charge in [0.1, 0.15) is 0 Å². The number of aryl methyl sites for hydroxylation is 1. The summed E-state index contributed by atoms with van der Waals surface area (Å²) in [6.07, 6.45) is -0.453. The Morgan fingerprint density at radius 2 is 2.21 bits per heavy atom. The van der Waals surface area contributed by atoms with Crippen LogP contribution >= 0.6 is 11.6 Å². The van der Waals surface area contributed by atoms with Gasteiger partial charge in [-0.3, -0.25) is 0 Å². The SMILES string of the molecule is CCNCC(O)c1ccc(Cl)c(C)c1. The van der Waals surface area contributed by atoms with Crippen molar-refractivity contribution in [1.82, 2.24) is 5.32 Å². The molecule has 0 heterocycles. The largest absolute Gasteiger partial charge is 0.387 e. The van der Waals surface area contributed by atoms with Crippen LogP contribution in [0.3, 0.4) is 0 Å². The van der Waals surface area contributed by atoms with Gasteiger partial charge in [0, 0.05) is 11.6 Å². The maximum absolute atomic E-state index is 9.76. The summed E-state index contributed by atoms with van der Waals surface area (Å²) in [7, 11) is 0. The van der Waals surface area contributed by atoms with Crippen molar-refractivity contribution in [1.29, 1.82) is 0 Å². The summed E-state index contributed by atoms with van der Waals surface area (Å²) < 4.78 is 0. The highest BCUT2D eigenvalue weighted by Gasteiger charge is 2.07. The van der Waals surface area contributed by atoms with Gasteiger partial charge in [-0.1, -0.05) is 30.7 Å². The molecule has 1 atom stereocenters. The van der Waals surface area contributed by atoms with E-state index in [0.717, 1.165) is 22.7 Å². The molecule has 0 aliphatic rings. The summed E-state index contributed by atoms with van der Waals surface area (Å²) in [4.78, 5) is 0. The van der Waals surface area contributed by atoms with E-state index in [1.807, 2.05) is 32.0 Å². The van der Waals surface area contributed by atoms with Gasteiger partial charge in [-0.2, -0.15) is 0 Å². The maximum atomic E-state index is 9.76. The van der Waals surface area contributed by atoms with Gasteiger partial charge in [-0.05, 0) is 30.7 Å². The fourth-order valence-corrected chi connectivity index (χ4v) is 1.39. The fraction of sp³-hybridized carbons (Fsp3) is 0.455. The Balaban J connectivity index is 2.70. The van der Waals surface area contributed by atoms with Gasteiger partial charge in [0.25, 0.3) is 0 Å². The van der Waals surface area contributed by atoms with Crippen molar-refractivity contribution in [3.05, 3.63) is 34.3 Å². The molecule has 0 aliphatic heterocycles. The third-order valence-electron chi connectivity index (χ3n) is 2.15. The number of aliphatic hydroxyl groups is 1. The number of rotatable bonds is 4. The molecule has 1 aromatic rings. The summed E-state index contributed by atoms with van der Waals surface area (Å²) in [6.45, 7) is 5.40. The minimum Gasteiger partial charge on any atom is -0.387 e. The van der Waals surface area contributed by atoms with E-state index in [4.69, 9.17) is 11.6 Å². The maximum Gasteiger partial charge on any atom is 0.0914 e. The van der Waals surface area contributed by atoms with E-state index in [1.54, 1.807) is 0 Å². The summed E-state index contributed by atoms with van der Waals surface area (Å²) in [5, 5.41) is 13.6. The standard InChI is InChI=1S/C11H16ClNO/c1-3-13-7-11(14)9-4-5-10(12)8(2)6-9/h4-6,11,13-14H,3,7H2,1-2H3. The molecule has 3 heteroatoms. The van der Waals surface area contributed by atoms with Crippen LogP contribution in [0, 0.1) is 6.92 Å². The molecule has 14 heavy (non-hydrogen) atoms. The van der Waals surface area contributed by atoms with Crippen LogP contribution in [0.5, 0.6) is 0 Å². The van der Waals surface area contributed by atoms with Gasteiger partial charge in [-0.25, -0.2) is 0 Å².